The van der Waals surface area contributed by atoms with Gasteiger partial charge >= 0.3 is 0 Å². The van der Waals surface area contributed by atoms with Crippen LogP contribution in [0.2, 0.25) is 0 Å². The van der Waals surface area contributed by atoms with Gasteiger partial charge in [-0.3, -0.25) is 0 Å². The SMILES string of the molecule is Cc1nc2n(c1CN)CCCC2.Cl. The van der Waals surface area contributed by atoms with Crippen LogP contribution < -0.4 is 5.73 Å². The molecule has 0 unspecified atom stereocenters. The van der Waals surface area contributed by atoms with Crippen LogP contribution in [0.3, 0.4) is 0 Å². The Labute approximate surface area is 84.7 Å². The predicted molar refractivity (Wildman–Crippen MR) is 55.0 cm³/mol. The highest BCUT2D eigenvalue weighted by Crippen LogP contribution is 2.18. The van der Waals surface area contributed by atoms with Crippen LogP contribution >= 0.6 is 12.4 Å². The molecule has 0 aromatic carbocycles. The Morgan fingerprint density at radius 2 is 2.23 bits per heavy atom. The summed E-state index contributed by atoms with van der Waals surface area (Å²) in [5.41, 5.74) is 8.00. The first-order valence-electron chi connectivity index (χ1n) is 4.58. The van der Waals surface area contributed by atoms with Crippen LogP contribution in [0.25, 0.3) is 0 Å². The third-order valence-electron chi connectivity index (χ3n) is 2.58. The molecule has 1 aliphatic rings. The van der Waals surface area contributed by atoms with Gasteiger partial charge in [-0.15, -0.1) is 12.4 Å². The third kappa shape index (κ3) is 1.71. The lowest BCUT2D eigenvalue weighted by Gasteiger charge is -2.15. The Balaban J connectivity index is 0.000000845. The quantitative estimate of drug-likeness (QED) is 0.747. The van der Waals surface area contributed by atoms with Crippen molar-refractivity contribution in [1.29, 1.82) is 0 Å². The topological polar surface area (TPSA) is 43.8 Å². The molecule has 0 spiro atoms. The summed E-state index contributed by atoms with van der Waals surface area (Å²) >= 11 is 0. The van der Waals surface area contributed by atoms with Gasteiger partial charge in [-0.1, -0.05) is 0 Å². The monoisotopic (exact) mass is 201 g/mol. The van der Waals surface area contributed by atoms with E-state index >= 15 is 0 Å². The number of imidazole rings is 1. The van der Waals surface area contributed by atoms with E-state index < -0.39 is 0 Å². The maximum absolute atomic E-state index is 5.66. The molecular weight excluding hydrogens is 186 g/mol. The first-order valence-corrected chi connectivity index (χ1v) is 4.58. The number of nitrogens with zero attached hydrogens (tertiary/aromatic N) is 2. The molecule has 0 radical (unpaired) electrons. The van der Waals surface area contributed by atoms with Gasteiger partial charge in [-0.25, -0.2) is 4.98 Å². The highest BCUT2D eigenvalue weighted by atomic mass is 35.5. The molecule has 13 heavy (non-hydrogen) atoms. The maximum Gasteiger partial charge on any atom is 0.109 e. The summed E-state index contributed by atoms with van der Waals surface area (Å²) in [6.07, 6.45) is 3.68. The molecule has 0 saturated heterocycles. The lowest BCUT2D eigenvalue weighted by Crippen LogP contribution is -2.15. The summed E-state index contributed by atoms with van der Waals surface area (Å²) in [5.74, 6) is 1.24. The second kappa shape index (κ2) is 4.11. The van der Waals surface area contributed by atoms with E-state index in [-0.39, 0.29) is 12.4 Å². The largest absolute Gasteiger partial charge is 0.331 e. The van der Waals surface area contributed by atoms with Crippen molar-refractivity contribution in [3.8, 4) is 0 Å². The molecule has 1 aromatic heterocycles. The molecule has 0 aliphatic carbocycles. The van der Waals surface area contributed by atoms with Gasteiger partial charge in [0, 0.05) is 19.5 Å². The minimum absolute atomic E-state index is 0. The van der Waals surface area contributed by atoms with Crippen LogP contribution in [0.15, 0.2) is 0 Å². The normalized spacial score (nSPS) is 14.9. The zero-order valence-electron chi connectivity index (χ0n) is 7.92. The van der Waals surface area contributed by atoms with Gasteiger partial charge in [0.25, 0.3) is 0 Å². The van der Waals surface area contributed by atoms with E-state index in [1.165, 1.54) is 24.4 Å². The highest BCUT2D eigenvalue weighted by molar-refractivity contribution is 5.85. The zero-order chi connectivity index (χ0) is 8.55. The van der Waals surface area contributed by atoms with E-state index in [0.717, 1.165) is 18.7 Å². The highest BCUT2D eigenvalue weighted by Gasteiger charge is 2.15. The molecule has 2 N–H and O–H groups in total. The molecule has 2 heterocycles. The molecule has 74 valence electrons. The van der Waals surface area contributed by atoms with Crippen molar-refractivity contribution in [2.45, 2.75) is 39.3 Å². The molecule has 1 aromatic rings. The predicted octanol–water partition coefficient (Wildman–Crippen LogP) is 1.41. The number of aromatic nitrogens is 2. The number of nitrogens with two attached hydrogens (primary N) is 1. The van der Waals surface area contributed by atoms with Gasteiger partial charge in [0.2, 0.25) is 0 Å². The van der Waals surface area contributed by atoms with E-state index in [4.69, 9.17) is 5.73 Å². The van der Waals surface area contributed by atoms with Gasteiger partial charge in [0.15, 0.2) is 0 Å². The van der Waals surface area contributed by atoms with E-state index in [1.807, 2.05) is 6.92 Å². The Bertz CT molecular complexity index is 293. The standard InChI is InChI=1S/C9H15N3.ClH/c1-7-8(6-10)12-5-3-2-4-9(12)11-7;/h2-6,10H2,1H3;1H. The minimum atomic E-state index is 0. The summed E-state index contributed by atoms with van der Waals surface area (Å²) in [4.78, 5) is 4.50. The van der Waals surface area contributed by atoms with E-state index in [1.54, 1.807) is 0 Å². The molecule has 0 atom stereocenters. The van der Waals surface area contributed by atoms with E-state index in [2.05, 4.69) is 9.55 Å². The summed E-state index contributed by atoms with van der Waals surface area (Å²) in [6, 6.07) is 0. The third-order valence-corrected chi connectivity index (χ3v) is 2.58. The number of hydrogen-bond acceptors (Lipinski definition) is 2. The smallest absolute Gasteiger partial charge is 0.109 e. The second-order valence-electron chi connectivity index (χ2n) is 3.37. The summed E-state index contributed by atoms with van der Waals surface area (Å²) in [5, 5.41) is 0. The zero-order valence-corrected chi connectivity index (χ0v) is 8.73. The summed E-state index contributed by atoms with van der Waals surface area (Å²) in [6.45, 7) is 3.79. The molecule has 3 nitrogen and oxygen atoms in total. The van der Waals surface area contributed by atoms with E-state index in [0.29, 0.717) is 6.54 Å². The first kappa shape index (κ1) is 10.5. The fourth-order valence-electron chi connectivity index (χ4n) is 1.94. The Morgan fingerprint density at radius 1 is 1.46 bits per heavy atom. The summed E-state index contributed by atoms with van der Waals surface area (Å²) < 4.78 is 2.29. The molecule has 2 rings (SSSR count). The molecule has 0 amide bonds. The fraction of sp³-hybridized carbons (Fsp3) is 0.667. The van der Waals surface area contributed by atoms with Crippen molar-refractivity contribution in [3.63, 3.8) is 0 Å². The molecule has 4 heteroatoms. The van der Waals surface area contributed by atoms with E-state index in [9.17, 15) is 0 Å². The average Bonchev–Trinajstić information content (AvgIpc) is 2.40. The first-order chi connectivity index (χ1) is 5.83. The Morgan fingerprint density at radius 3 is 2.92 bits per heavy atom. The van der Waals surface area contributed by atoms with Crippen LogP contribution in [0, 0.1) is 6.92 Å². The van der Waals surface area contributed by atoms with Gasteiger partial charge in [-0.2, -0.15) is 0 Å². The number of halogens is 1. The van der Waals surface area contributed by atoms with Crippen molar-refractivity contribution < 1.29 is 0 Å². The number of rotatable bonds is 1. The number of hydrogen-bond donors (Lipinski definition) is 1. The Hall–Kier alpha value is -0.540. The van der Waals surface area contributed by atoms with Gasteiger partial charge < -0.3 is 10.3 Å². The van der Waals surface area contributed by atoms with Gasteiger partial charge in [-0.05, 0) is 19.8 Å². The van der Waals surface area contributed by atoms with Crippen molar-refractivity contribution in [2.75, 3.05) is 0 Å². The molecular formula is C9H16ClN3. The molecule has 0 fully saturated rings. The molecule has 1 aliphatic heterocycles. The Kier molecular flexibility index (Phi) is 3.33. The lowest BCUT2D eigenvalue weighted by molar-refractivity contribution is 0.508. The van der Waals surface area contributed by atoms with Crippen LogP contribution in [-0.4, -0.2) is 9.55 Å². The van der Waals surface area contributed by atoms with Gasteiger partial charge in [0.1, 0.15) is 5.82 Å². The van der Waals surface area contributed by atoms with Gasteiger partial charge in [0.05, 0.1) is 11.4 Å². The summed E-state index contributed by atoms with van der Waals surface area (Å²) in [7, 11) is 0. The molecule has 0 saturated carbocycles. The van der Waals surface area contributed by atoms with Crippen molar-refractivity contribution >= 4 is 12.4 Å². The lowest BCUT2D eigenvalue weighted by atomic mass is 10.1. The minimum Gasteiger partial charge on any atom is -0.331 e. The van der Waals surface area contributed by atoms with Crippen molar-refractivity contribution in [1.82, 2.24) is 9.55 Å². The fourth-order valence-corrected chi connectivity index (χ4v) is 1.94. The second-order valence-corrected chi connectivity index (χ2v) is 3.37. The van der Waals surface area contributed by atoms with Crippen molar-refractivity contribution in [3.05, 3.63) is 17.2 Å². The van der Waals surface area contributed by atoms with Crippen LogP contribution in [0.1, 0.15) is 30.1 Å². The van der Waals surface area contributed by atoms with Crippen LogP contribution in [0.5, 0.6) is 0 Å². The number of fused-ring (bicyclic) bond motifs is 1. The van der Waals surface area contributed by atoms with Crippen LogP contribution in [0.4, 0.5) is 0 Å². The van der Waals surface area contributed by atoms with Crippen molar-refractivity contribution in [2.24, 2.45) is 5.73 Å². The van der Waals surface area contributed by atoms with Crippen LogP contribution in [-0.2, 0) is 19.5 Å². The average molecular weight is 202 g/mol. The number of aryl methyl sites for hydroxylation is 2. The molecule has 0 bridgehead atoms. The maximum atomic E-state index is 5.66.